The number of hydrogen-bond donors (Lipinski definition) is 1. The standard InChI is InChI=1S/C15H18N2S/c16-14-17-13(11-18-14)15(9-5-2-6-10-15)12-7-3-1-4-8-12/h1,3-4,7-8,11H,2,5-6,9-10H2,(H2,16,17). The van der Waals surface area contributed by atoms with E-state index in [1.807, 2.05) is 0 Å². The van der Waals surface area contributed by atoms with Gasteiger partial charge in [0.15, 0.2) is 5.13 Å². The molecule has 1 saturated carbocycles. The van der Waals surface area contributed by atoms with Crippen molar-refractivity contribution in [3.8, 4) is 0 Å². The zero-order valence-electron chi connectivity index (χ0n) is 10.4. The zero-order chi connectivity index (χ0) is 12.4. The fraction of sp³-hybridized carbons (Fsp3) is 0.400. The molecule has 3 rings (SSSR count). The lowest BCUT2D eigenvalue weighted by atomic mass is 9.68. The second kappa shape index (κ2) is 4.73. The molecule has 1 fully saturated rings. The Labute approximate surface area is 112 Å². The number of aromatic nitrogens is 1. The molecule has 1 aromatic carbocycles. The van der Waals surface area contributed by atoms with Crippen LogP contribution < -0.4 is 5.73 Å². The van der Waals surface area contributed by atoms with E-state index >= 15 is 0 Å². The lowest BCUT2D eigenvalue weighted by Gasteiger charge is -2.36. The number of rotatable bonds is 2. The van der Waals surface area contributed by atoms with E-state index in [1.54, 1.807) is 11.3 Å². The maximum atomic E-state index is 5.83. The summed E-state index contributed by atoms with van der Waals surface area (Å²) in [6, 6.07) is 10.8. The molecule has 0 amide bonds. The molecule has 0 aliphatic heterocycles. The Morgan fingerprint density at radius 2 is 1.78 bits per heavy atom. The summed E-state index contributed by atoms with van der Waals surface area (Å²) in [6.45, 7) is 0. The van der Waals surface area contributed by atoms with Crippen LogP contribution in [0.2, 0.25) is 0 Å². The van der Waals surface area contributed by atoms with Crippen molar-refractivity contribution in [3.05, 3.63) is 47.0 Å². The van der Waals surface area contributed by atoms with Gasteiger partial charge in [0, 0.05) is 10.8 Å². The fourth-order valence-electron chi connectivity index (χ4n) is 3.11. The van der Waals surface area contributed by atoms with Crippen molar-refractivity contribution >= 4 is 16.5 Å². The van der Waals surface area contributed by atoms with Crippen LogP contribution in [-0.2, 0) is 5.41 Å². The van der Waals surface area contributed by atoms with Gasteiger partial charge in [0.2, 0.25) is 0 Å². The minimum atomic E-state index is 0.105. The minimum Gasteiger partial charge on any atom is -0.375 e. The molecule has 1 aliphatic carbocycles. The molecule has 94 valence electrons. The summed E-state index contributed by atoms with van der Waals surface area (Å²) in [6.07, 6.45) is 6.30. The summed E-state index contributed by atoms with van der Waals surface area (Å²) in [7, 11) is 0. The second-order valence-electron chi connectivity index (χ2n) is 5.08. The van der Waals surface area contributed by atoms with Gasteiger partial charge in [-0.25, -0.2) is 4.98 Å². The van der Waals surface area contributed by atoms with Gasteiger partial charge in [-0.15, -0.1) is 11.3 Å². The van der Waals surface area contributed by atoms with Crippen molar-refractivity contribution in [1.29, 1.82) is 0 Å². The van der Waals surface area contributed by atoms with Gasteiger partial charge in [0.1, 0.15) is 0 Å². The second-order valence-corrected chi connectivity index (χ2v) is 5.97. The Bertz CT molecular complexity index is 512. The minimum absolute atomic E-state index is 0.105. The van der Waals surface area contributed by atoms with E-state index in [2.05, 4.69) is 40.7 Å². The summed E-state index contributed by atoms with van der Waals surface area (Å²) < 4.78 is 0. The number of nitrogens with zero attached hydrogens (tertiary/aromatic N) is 1. The zero-order valence-corrected chi connectivity index (χ0v) is 11.2. The maximum absolute atomic E-state index is 5.83. The van der Waals surface area contributed by atoms with E-state index in [0.29, 0.717) is 5.13 Å². The van der Waals surface area contributed by atoms with E-state index in [-0.39, 0.29) is 5.41 Å². The molecule has 18 heavy (non-hydrogen) atoms. The van der Waals surface area contributed by atoms with Gasteiger partial charge in [-0.2, -0.15) is 0 Å². The maximum Gasteiger partial charge on any atom is 0.180 e. The number of hydrogen-bond acceptors (Lipinski definition) is 3. The van der Waals surface area contributed by atoms with Gasteiger partial charge in [0.05, 0.1) is 5.69 Å². The molecule has 2 nitrogen and oxygen atoms in total. The van der Waals surface area contributed by atoms with Crippen LogP contribution in [0.25, 0.3) is 0 Å². The Morgan fingerprint density at radius 1 is 1.06 bits per heavy atom. The molecule has 0 saturated heterocycles. The Morgan fingerprint density at radius 3 is 2.39 bits per heavy atom. The lowest BCUT2D eigenvalue weighted by molar-refractivity contribution is 0.340. The van der Waals surface area contributed by atoms with Crippen LogP contribution >= 0.6 is 11.3 Å². The quantitative estimate of drug-likeness (QED) is 0.885. The van der Waals surface area contributed by atoms with Gasteiger partial charge in [-0.05, 0) is 18.4 Å². The SMILES string of the molecule is Nc1nc(C2(c3ccccc3)CCCCC2)cs1. The number of thiazole rings is 1. The first-order valence-corrected chi connectivity index (χ1v) is 7.46. The predicted octanol–water partition coefficient (Wildman–Crippen LogP) is 3.98. The molecule has 1 heterocycles. The highest BCUT2D eigenvalue weighted by molar-refractivity contribution is 7.13. The normalized spacial score (nSPS) is 18.7. The summed E-state index contributed by atoms with van der Waals surface area (Å²) >= 11 is 1.56. The van der Waals surface area contributed by atoms with Crippen molar-refractivity contribution in [2.24, 2.45) is 0 Å². The number of nitrogen functional groups attached to an aromatic ring is 1. The monoisotopic (exact) mass is 258 g/mol. The van der Waals surface area contributed by atoms with Crippen LogP contribution in [0, 0.1) is 0 Å². The first-order valence-electron chi connectivity index (χ1n) is 6.58. The van der Waals surface area contributed by atoms with E-state index < -0.39 is 0 Å². The molecular weight excluding hydrogens is 240 g/mol. The molecule has 2 aromatic rings. The average molecular weight is 258 g/mol. The molecule has 0 bridgehead atoms. The predicted molar refractivity (Wildman–Crippen MR) is 76.8 cm³/mol. The highest BCUT2D eigenvalue weighted by Gasteiger charge is 2.37. The topological polar surface area (TPSA) is 38.9 Å². The smallest absolute Gasteiger partial charge is 0.180 e. The van der Waals surface area contributed by atoms with Crippen molar-refractivity contribution in [2.75, 3.05) is 5.73 Å². The molecular formula is C15H18N2S. The van der Waals surface area contributed by atoms with Crippen LogP contribution in [0.1, 0.15) is 43.4 Å². The molecule has 0 radical (unpaired) electrons. The molecule has 0 atom stereocenters. The van der Waals surface area contributed by atoms with Crippen LogP contribution in [0.3, 0.4) is 0 Å². The molecule has 0 unspecified atom stereocenters. The van der Waals surface area contributed by atoms with Gasteiger partial charge >= 0.3 is 0 Å². The Hall–Kier alpha value is -1.35. The number of benzene rings is 1. The Kier molecular flexibility index (Phi) is 3.08. The molecule has 2 N–H and O–H groups in total. The number of nitrogens with two attached hydrogens (primary N) is 1. The van der Waals surface area contributed by atoms with Crippen molar-refractivity contribution in [3.63, 3.8) is 0 Å². The molecule has 1 aliphatic rings. The molecule has 3 heteroatoms. The van der Waals surface area contributed by atoms with Crippen LogP contribution in [0.4, 0.5) is 5.13 Å². The van der Waals surface area contributed by atoms with Gasteiger partial charge in [-0.3, -0.25) is 0 Å². The van der Waals surface area contributed by atoms with Crippen LogP contribution in [0.15, 0.2) is 35.7 Å². The summed E-state index contributed by atoms with van der Waals surface area (Å²) in [5, 5.41) is 2.83. The third-order valence-electron chi connectivity index (χ3n) is 4.05. The third-order valence-corrected chi connectivity index (χ3v) is 4.72. The third kappa shape index (κ3) is 1.93. The summed E-state index contributed by atoms with van der Waals surface area (Å²) in [5.41, 5.74) is 8.51. The van der Waals surface area contributed by atoms with Gasteiger partial charge in [-0.1, -0.05) is 49.6 Å². The van der Waals surface area contributed by atoms with E-state index in [1.165, 1.54) is 43.4 Å². The van der Waals surface area contributed by atoms with Crippen molar-refractivity contribution in [1.82, 2.24) is 4.98 Å². The van der Waals surface area contributed by atoms with Crippen molar-refractivity contribution < 1.29 is 0 Å². The Balaban J connectivity index is 2.09. The van der Waals surface area contributed by atoms with Crippen LogP contribution in [0.5, 0.6) is 0 Å². The van der Waals surface area contributed by atoms with Gasteiger partial charge < -0.3 is 5.73 Å². The first-order chi connectivity index (χ1) is 8.81. The highest BCUT2D eigenvalue weighted by Crippen LogP contribution is 2.45. The van der Waals surface area contributed by atoms with Crippen LogP contribution in [-0.4, -0.2) is 4.98 Å². The summed E-state index contributed by atoms with van der Waals surface area (Å²) in [4.78, 5) is 4.58. The first kappa shape index (κ1) is 11.7. The number of anilines is 1. The average Bonchev–Trinajstić information content (AvgIpc) is 2.88. The largest absolute Gasteiger partial charge is 0.375 e. The molecule has 1 aromatic heterocycles. The fourth-order valence-corrected chi connectivity index (χ4v) is 3.77. The van der Waals surface area contributed by atoms with Crippen molar-refractivity contribution in [2.45, 2.75) is 37.5 Å². The van der Waals surface area contributed by atoms with Gasteiger partial charge in [0.25, 0.3) is 0 Å². The van der Waals surface area contributed by atoms with E-state index in [4.69, 9.17) is 5.73 Å². The highest BCUT2D eigenvalue weighted by atomic mass is 32.1. The lowest BCUT2D eigenvalue weighted by Crippen LogP contribution is -2.30. The van der Waals surface area contributed by atoms with E-state index in [0.717, 1.165) is 0 Å². The summed E-state index contributed by atoms with van der Waals surface area (Å²) in [5.74, 6) is 0. The molecule has 0 spiro atoms. The van der Waals surface area contributed by atoms with E-state index in [9.17, 15) is 0 Å².